The molecule has 0 radical (unpaired) electrons. The summed E-state index contributed by atoms with van der Waals surface area (Å²) in [6.45, 7) is 13.8. The molecule has 4 unspecified atom stereocenters. The predicted molar refractivity (Wildman–Crippen MR) is 88.9 cm³/mol. The molecule has 0 N–H and O–H groups in total. The maximum Gasteiger partial charge on any atom is 0.329 e. The summed E-state index contributed by atoms with van der Waals surface area (Å²) in [6.07, 6.45) is 0. The molecule has 0 saturated carbocycles. The fraction of sp³-hybridized carbons (Fsp3) is 0.714. The fourth-order valence-corrected chi connectivity index (χ4v) is 19.3. The van der Waals surface area contributed by atoms with Gasteiger partial charge in [0.05, 0.1) is 0 Å². The highest BCUT2D eigenvalue weighted by atomic mass is 28.5. The molecular weight excluding hydrogens is 349 g/mol. The average Bonchev–Trinajstić information content (AvgIpc) is 2.25. The van der Waals surface area contributed by atoms with E-state index in [4.69, 9.17) is 24.7 Å². The average molecular weight is 373 g/mol. The molecule has 0 aromatic rings. The van der Waals surface area contributed by atoms with Gasteiger partial charge >= 0.3 is 9.28 Å². The zero-order valence-electron chi connectivity index (χ0n) is 12.2. The Morgan fingerprint density at radius 1 is 0.579 bits per heavy atom. The lowest BCUT2D eigenvalue weighted by atomic mass is 11.3. The Labute approximate surface area is 125 Å². The molecule has 6 nitrogen and oxygen atoms in total. The van der Waals surface area contributed by atoms with Crippen LogP contribution in [0.2, 0.25) is 32.7 Å². The van der Waals surface area contributed by atoms with Crippen LogP contribution in [0.3, 0.4) is 0 Å². The Kier molecular flexibility index (Phi) is 8.41. The molecule has 12 heteroatoms. The van der Waals surface area contributed by atoms with E-state index >= 15 is 0 Å². The topological polar surface area (TPSA) is 55.4 Å². The second kappa shape index (κ2) is 8.95. The van der Waals surface area contributed by atoms with Crippen LogP contribution in [0.5, 0.6) is 0 Å². The van der Waals surface area contributed by atoms with Gasteiger partial charge in [-0.05, 0) is 32.7 Å². The van der Waals surface area contributed by atoms with Crippen molar-refractivity contribution in [3.63, 3.8) is 0 Å². The lowest BCUT2D eigenvalue weighted by molar-refractivity contribution is 0.297. The van der Waals surface area contributed by atoms with Crippen LogP contribution in [-0.4, -0.2) is 55.7 Å². The van der Waals surface area contributed by atoms with Crippen molar-refractivity contribution < 1.29 is 24.7 Å². The Morgan fingerprint density at radius 2 is 0.842 bits per heavy atom. The van der Waals surface area contributed by atoms with Crippen molar-refractivity contribution in [1.29, 1.82) is 0 Å². The van der Waals surface area contributed by atoms with Crippen molar-refractivity contribution >= 4 is 55.7 Å². The second-order valence-electron chi connectivity index (χ2n) is 4.26. The summed E-state index contributed by atoms with van der Waals surface area (Å²) in [5.41, 5.74) is 1.78. The van der Waals surface area contributed by atoms with Crippen molar-refractivity contribution in [3.05, 3.63) is 12.3 Å². The molecule has 1 saturated heterocycles. The molecule has 0 spiro atoms. The van der Waals surface area contributed by atoms with Crippen LogP contribution in [0.25, 0.3) is 0 Å². The van der Waals surface area contributed by atoms with Gasteiger partial charge in [-0.2, -0.15) is 0 Å². The van der Waals surface area contributed by atoms with Crippen molar-refractivity contribution in [2.24, 2.45) is 0 Å². The van der Waals surface area contributed by atoms with E-state index in [1.807, 2.05) is 32.7 Å². The number of hydrogen-bond donors (Lipinski definition) is 0. The first-order valence-electron chi connectivity index (χ1n) is 6.46. The molecule has 0 aromatic carbocycles. The molecule has 0 aromatic heterocycles. The zero-order chi connectivity index (χ0) is 14.4. The highest BCUT2D eigenvalue weighted by molar-refractivity contribution is 6.74. The molecule has 0 bridgehead atoms. The summed E-state index contributed by atoms with van der Waals surface area (Å²) in [4.78, 5) is 0. The SMILES string of the molecule is C=C[SiH]1O[SiH](C)O[SiH](C)O[SiH](C)O[SiH](C)O[SiH](C)O1. The summed E-state index contributed by atoms with van der Waals surface area (Å²) in [5, 5.41) is 0. The fourth-order valence-electron chi connectivity index (χ4n) is 1.76. The first kappa shape index (κ1) is 17.9. The van der Waals surface area contributed by atoms with Gasteiger partial charge in [-0.3, -0.25) is 0 Å². The van der Waals surface area contributed by atoms with Crippen LogP contribution in [0.4, 0.5) is 0 Å². The molecule has 0 amide bonds. The maximum atomic E-state index is 5.90. The van der Waals surface area contributed by atoms with Crippen LogP contribution in [-0.2, 0) is 24.7 Å². The van der Waals surface area contributed by atoms with E-state index in [-0.39, 0.29) is 0 Å². The van der Waals surface area contributed by atoms with Crippen molar-refractivity contribution in [2.75, 3.05) is 0 Å². The van der Waals surface area contributed by atoms with E-state index in [9.17, 15) is 0 Å². The zero-order valence-corrected chi connectivity index (χ0v) is 19.1. The Balaban J connectivity index is 2.68. The summed E-state index contributed by atoms with van der Waals surface area (Å²) in [7, 11) is -10.3. The standard InChI is InChI=1S/C7H24O6Si6/c1-7-19-12-17(5)10-15(3)8-14(2)9-16(4)11-18(6)13-19/h7,14-19H,1H2,2-6H3. The third-order valence-electron chi connectivity index (χ3n) is 2.38. The van der Waals surface area contributed by atoms with E-state index < -0.39 is 55.7 Å². The molecular formula is C7H24O6Si6. The minimum Gasteiger partial charge on any atom is -0.420 e. The van der Waals surface area contributed by atoms with E-state index in [1.165, 1.54) is 0 Å². The Morgan fingerprint density at radius 3 is 1.11 bits per heavy atom. The van der Waals surface area contributed by atoms with Crippen molar-refractivity contribution in [3.8, 4) is 0 Å². The molecule has 1 heterocycles. The Bertz CT molecular complexity index is 263. The normalized spacial score (nSPS) is 43.0. The highest BCUT2D eigenvalue weighted by Gasteiger charge is 2.26. The minimum atomic E-state index is -1.87. The van der Waals surface area contributed by atoms with Crippen molar-refractivity contribution in [1.82, 2.24) is 0 Å². The first-order valence-corrected chi connectivity index (χ1v) is 18.6. The summed E-state index contributed by atoms with van der Waals surface area (Å²) in [6, 6.07) is 0. The van der Waals surface area contributed by atoms with Gasteiger partial charge in [0.2, 0.25) is 0 Å². The lowest BCUT2D eigenvalue weighted by Gasteiger charge is -2.29. The number of hydrogen-bond acceptors (Lipinski definition) is 6. The molecule has 1 fully saturated rings. The maximum absolute atomic E-state index is 5.90. The third-order valence-corrected chi connectivity index (χ3v) is 20.2. The molecule has 4 atom stereocenters. The molecule has 0 aliphatic carbocycles. The van der Waals surface area contributed by atoms with Crippen LogP contribution in [0.15, 0.2) is 12.3 Å². The van der Waals surface area contributed by atoms with E-state index in [1.54, 1.807) is 5.70 Å². The van der Waals surface area contributed by atoms with Crippen LogP contribution in [0.1, 0.15) is 0 Å². The van der Waals surface area contributed by atoms with Crippen LogP contribution >= 0.6 is 0 Å². The molecule has 1 aliphatic rings. The third kappa shape index (κ3) is 7.39. The smallest absolute Gasteiger partial charge is 0.329 e. The molecule has 112 valence electrons. The van der Waals surface area contributed by atoms with Gasteiger partial charge in [-0.1, -0.05) is 5.70 Å². The number of rotatable bonds is 1. The van der Waals surface area contributed by atoms with E-state index in [2.05, 4.69) is 6.58 Å². The predicted octanol–water partition coefficient (Wildman–Crippen LogP) is -0.703. The van der Waals surface area contributed by atoms with Gasteiger partial charge in [-0.15, -0.1) is 6.58 Å². The van der Waals surface area contributed by atoms with Crippen molar-refractivity contribution in [2.45, 2.75) is 32.7 Å². The Hall–Kier alpha value is 0.801. The van der Waals surface area contributed by atoms with Gasteiger partial charge in [0, 0.05) is 0 Å². The minimum absolute atomic E-state index is 1.65. The molecule has 1 aliphatic heterocycles. The molecule has 19 heavy (non-hydrogen) atoms. The van der Waals surface area contributed by atoms with Crippen LogP contribution < -0.4 is 0 Å². The lowest BCUT2D eigenvalue weighted by Crippen LogP contribution is -2.44. The second-order valence-corrected chi connectivity index (χ2v) is 17.7. The van der Waals surface area contributed by atoms with Gasteiger partial charge in [-0.25, -0.2) is 0 Å². The highest BCUT2D eigenvalue weighted by Crippen LogP contribution is 2.07. The van der Waals surface area contributed by atoms with Gasteiger partial charge in [0.15, 0.2) is 0 Å². The van der Waals surface area contributed by atoms with Crippen LogP contribution in [0, 0.1) is 0 Å². The monoisotopic (exact) mass is 372 g/mol. The van der Waals surface area contributed by atoms with E-state index in [0.29, 0.717) is 0 Å². The van der Waals surface area contributed by atoms with E-state index in [0.717, 1.165) is 0 Å². The van der Waals surface area contributed by atoms with Gasteiger partial charge < -0.3 is 24.7 Å². The largest absolute Gasteiger partial charge is 0.420 e. The molecule has 1 rings (SSSR count). The summed E-state index contributed by atoms with van der Waals surface area (Å²) in [5.74, 6) is 0. The first-order chi connectivity index (χ1) is 8.90. The summed E-state index contributed by atoms with van der Waals surface area (Å²) < 4.78 is 35.3. The summed E-state index contributed by atoms with van der Waals surface area (Å²) >= 11 is 0. The van der Waals surface area contributed by atoms with Gasteiger partial charge in [0.1, 0.15) is 0 Å². The van der Waals surface area contributed by atoms with Gasteiger partial charge in [0.25, 0.3) is 46.4 Å². The quantitative estimate of drug-likeness (QED) is 0.567.